The molecule has 23 heavy (non-hydrogen) atoms. The van der Waals surface area contributed by atoms with Gasteiger partial charge in [-0.15, -0.1) is 0 Å². The van der Waals surface area contributed by atoms with E-state index in [0.29, 0.717) is 11.1 Å². The molecule has 0 aliphatic carbocycles. The topological polar surface area (TPSA) is 73.1 Å². The molecule has 0 saturated carbocycles. The lowest BCUT2D eigenvalue weighted by Gasteiger charge is -2.23. The van der Waals surface area contributed by atoms with E-state index in [1.807, 2.05) is 30.3 Å². The summed E-state index contributed by atoms with van der Waals surface area (Å²) in [5, 5.41) is 21.1. The Morgan fingerprint density at radius 1 is 1.22 bits per heavy atom. The number of nitrogens with one attached hydrogen (secondary N) is 1. The van der Waals surface area contributed by atoms with Crippen molar-refractivity contribution in [2.45, 2.75) is 29.2 Å². The van der Waals surface area contributed by atoms with Crippen LogP contribution in [0, 0.1) is 11.3 Å². The van der Waals surface area contributed by atoms with Crippen molar-refractivity contribution in [1.29, 1.82) is 5.26 Å². The predicted molar refractivity (Wildman–Crippen MR) is 90.4 cm³/mol. The van der Waals surface area contributed by atoms with Crippen molar-refractivity contribution in [1.82, 2.24) is 5.32 Å². The number of aliphatic hydroxyl groups is 1. The van der Waals surface area contributed by atoms with Crippen LogP contribution < -0.4 is 5.32 Å². The van der Waals surface area contributed by atoms with Crippen molar-refractivity contribution in [2.24, 2.45) is 0 Å². The van der Waals surface area contributed by atoms with Gasteiger partial charge in [-0.25, -0.2) is 0 Å². The summed E-state index contributed by atoms with van der Waals surface area (Å²) in [6.45, 7) is 3.39. The molecule has 0 spiro atoms. The van der Waals surface area contributed by atoms with Gasteiger partial charge in [-0.1, -0.05) is 23.9 Å². The summed E-state index contributed by atoms with van der Waals surface area (Å²) < 4.78 is 0. The summed E-state index contributed by atoms with van der Waals surface area (Å²) in [7, 11) is 0. The van der Waals surface area contributed by atoms with Gasteiger partial charge in [-0.05, 0) is 50.2 Å². The van der Waals surface area contributed by atoms with Crippen LogP contribution in [0.2, 0.25) is 0 Å². The Labute approximate surface area is 140 Å². The Morgan fingerprint density at radius 2 is 1.87 bits per heavy atom. The highest BCUT2D eigenvalue weighted by molar-refractivity contribution is 7.99. The van der Waals surface area contributed by atoms with Gasteiger partial charge in [0.1, 0.15) is 6.07 Å². The van der Waals surface area contributed by atoms with E-state index in [4.69, 9.17) is 5.26 Å². The Morgan fingerprint density at radius 3 is 2.48 bits per heavy atom. The van der Waals surface area contributed by atoms with Crippen LogP contribution in [0.25, 0.3) is 0 Å². The summed E-state index contributed by atoms with van der Waals surface area (Å²) in [5.74, 6) is -0.224. The molecule has 0 aliphatic heterocycles. The Bertz CT molecular complexity index is 733. The van der Waals surface area contributed by atoms with Gasteiger partial charge in [0.15, 0.2) is 0 Å². The largest absolute Gasteiger partial charge is 0.394 e. The van der Waals surface area contributed by atoms with Crippen LogP contribution in [0.4, 0.5) is 0 Å². The smallest absolute Gasteiger partial charge is 0.251 e. The second kappa shape index (κ2) is 7.32. The first-order chi connectivity index (χ1) is 10.9. The fraction of sp³-hybridized carbons (Fsp3) is 0.222. The first kappa shape index (κ1) is 17.1. The molecule has 0 unspecified atom stereocenters. The molecule has 118 valence electrons. The standard InChI is InChI=1S/C18H18N2O2S/c1-18(2,12-21)20-17(22)13-7-9-15(10-8-13)23-16-6-4-3-5-14(16)11-19/h3-10,21H,12H2,1-2H3,(H,20,22). The van der Waals surface area contributed by atoms with Gasteiger partial charge < -0.3 is 10.4 Å². The predicted octanol–water partition coefficient (Wildman–Crippen LogP) is 3.21. The quantitative estimate of drug-likeness (QED) is 0.885. The number of carbonyl (C=O) groups excluding carboxylic acids is 1. The van der Waals surface area contributed by atoms with Crippen LogP contribution in [-0.4, -0.2) is 23.2 Å². The second-order valence-corrected chi connectivity index (χ2v) is 6.85. The van der Waals surface area contributed by atoms with Crippen molar-refractivity contribution in [3.63, 3.8) is 0 Å². The molecule has 0 aromatic heterocycles. The van der Waals surface area contributed by atoms with E-state index in [0.717, 1.165) is 9.79 Å². The SMILES string of the molecule is CC(C)(CO)NC(=O)c1ccc(Sc2ccccc2C#N)cc1. The molecule has 0 bridgehead atoms. The number of carbonyl (C=O) groups is 1. The minimum Gasteiger partial charge on any atom is -0.394 e. The van der Waals surface area contributed by atoms with Crippen molar-refractivity contribution < 1.29 is 9.90 Å². The monoisotopic (exact) mass is 326 g/mol. The van der Waals surface area contributed by atoms with Crippen LogP contribution in [0.1, 0.15) is 29.8 Å². The van der Waals surface area contributed by atoms with Gasteiger partial charge in [0, 0.05) is 15.4 Å². The summed E-state index contributed by atoms with van der Waals surface area (Å²) in [6, 6.07) is 16.7. The summed E-state index contributed by atoms with van der Waals surface area (Å²) in [4.78, 5) is 13.9. The zero-order chi connectivity index (χ0) is 16.9. The van der Waals surface area contributed by atoms with Crippen molar-refractivity contribution in [3.05, 3.63) is 59.7 Å². The minimum atomic E-state index is -0.657. The zero-order valence-corrected chi connectivity index (χ0v) is 13.9. The van der Waals surface area contributed by atoms with Gasteiger partial charge in [0.2, 0.25) is 0 Å². The summed E-state index contributed by atoms with van der Waals surface area (Å²) >= 11 is 1.48. The van der Waals surface area contributed by atoms with Crippen molar-refractivity contribution in [2.75, 3.05) is 6.61 Å². The number of nitrogens with zero attached hydrogens (tertiary/aromatic N) is 1. The maximum Gasteiger partial charge on any atom is 0.251 e. The van der Waals surface area contributed by atoms with Crippen molar-refractivity contribution >= 4 is 17.7 Å². The highest BCUT2D eigenvalue weighted by Crippen LogP contribution is 2.30. The average molecular weight is 326 g/mol. The van der Waals surface area contributed by atoms with E-state index in [1.165, 1.54) is 11.8 Å². The lowest BCUT2D eigenvalue weighted by atomic mass is 10.1. The molecule has 0 aliphatic rings. The first-order valence-electron chi connectivity index (χ1n) is 7.15. The average Bonchev–Trinajstić information content (AvgIpc) is 2.55. The van der Waals surface area contributed by atoms with E-state index in [1.54, 1.807) is 32.0 Å². The molecule has 0 radical (unpaired) electrons. The van der Waals surface area contributed by atoms with Crippen LogP contribution >= 0.6 is 11.8 Å². The third-order valence-electron chi connectivity index (χ3n) is 3.20. The fourth-order valence-electron chi connectivity index (χ4n) is 1.87. The van der Waals surface area contributed by atoms with Crippen LogP contribution in [0.5, 0.6) is 0 Å². The lowest BCUT2D eigenvalue weighted by molar-refractivity contribution is 0.0869. The minimum absolute atomic E-state index is 0.127. The molecule has 2 aromatic rings. The second-order valence-electron chi connectivity index (χ2n) is 5.73. The van der Waals surface area contributed by atoms with E-state index < -0.39 is 5.54 Å². The lowest BCUT2D eigenvalue weighted by Crippen LogP contribution is -2.46. The van der Waals surface area contributed by atoms with Crippen LogP contribution in [0.3, 0.4) is 0 Å². The van der Waals surface area contributed by atoms with Gasteiger partial charge in [0.25, 0.3) is 5.91 Å². The maximum absolute atomic E-state index is 12.1. The molecule has 4 nitrogen and oxygen atoms in total. The molecular weight excluding hydrogens is 308 g/mol. The number of hydrogen-bond donors (Lipinski definition) is 2. The third kappa shape index (κ3) is 4.59. The highest BCUT2D eigenvalue weighted by Gasteiger charge is 2.19. The molecule has 2 N–H and O–H groups in total. The first-order valence-corrected chi connectivity index (χ1v) is 7.97. The molecule has 0 heterocycles. The number of rotatable bonds is 5. The molecule has 2 aromatic carbocycles. The summed E-state index contributed by atoms with van der Waals surface area (Å²) in [5.41, 5.74) is 0.504. The van der Waals surface area contributed by atoms with E-state index >= 15 is 0 Å². The van der Waals surface area contributed by atoms with Crippen molar-refractivity contribution in [3.8, 4) is 6.07 Å². The van der Waals surface area contributed by atoms with Gasteiger partial charge in [-0.2, -0.15) is 5.26 Å². The number of benzene rings is 2. The summed E-state index contributed by atoms with van der Waals surface area (Å²) in [6.07, 6.45) is 0. The van der Waals surface area contributed by atoms with E-state index in [-0.39, 0.29) is 12.5 Å². The van der Waals surface area contributed by atoms with Crippen LogP contribution in [-0.2, 0) is 0 Å². The third-order valence-corrected chi connectivity index (χ3v) is 4.28. The molecule has 5 heteroatoms. The Balaban J connectivity index is 2.11. The molecular formula is C18H18N2O2S. The number of aliphatic hydroxyl groups excluding tert-OH is 1. The molecule has 1 amide bonds. The number of hydrogen-bond acceptors (Lipinski definition) is 4. The molecule has 0 fully saturated rings. The normalized spacial score (nSPS) is 10.9. The van der Waals surface area contributed by atoms with Gasteiger partial charge in [0.05, 0.1) is 17.7 Å². The molecule has 0 atom stereocenters. The fourth-order valence-corrected chi connectivity index (χ4v) is 2.76. The van der Waals surface area contributed by atoms with E-state index in [9.17, 15) is 9.90 Å². The molecule has 2 rings (SSSR count). The van der Waals surface area contributed by atoms with Gasteiger partial charge >= 0.3 is 0 Å². The molecule has 0 saturated heterocycles. The number of nitriles is 1. The van der Waals surface area contributed by atoms with Gasteiger partial charge in [-0.3, -0.25) is 4.79 Å². The Kier molecular flexibility index (Phi) is 5.43. The van der Waals surface area contributed by atoms with E-state index in [2.05, 4.69) is 11.4 Å². The highest BCUT2D eigenvalue weighted by atomic mass is 32.2. The van der Waals surface area contributed by atoms with Crippen LogP contribution in [0.15, 0.2) is 58.3 Å². The Hall–Kier alpha value is -2.29. The number of amides is 1. The zero-order valence-electron chi connectivity index (χ0n) is 13.0. The maximum atomic E-state index is 12.1.